The van der Waals surface area contributed by atoms with Crippen molar-refractivity contribution < 1.29 is 13.6 Å². The van der Waals surface area contributed by atoms with Crippen molar-refractivity contribution in [3.8, 4) is 22.5 Å². The highest BCUT2D eigenvalue weighted by molar-refractivity contribution is 5.89. The van der Waals surface area contributed by atoms with Gasteiger partial charge in [0.2, 0.25) is 11.7 Å². The lowest BCUT2D eigenvalue weighted by molar-refractivity contribution is -0.123. The van der Waals surface area contributed by atoms with Crippen molar-refractivity contribution in [2.45, 2.75) is 31.3 Å². The normalized spacial score (nSPS) is 15.2. The largest absolute Gasteiger partial charge is 0.348 e. The third-order valence-corrected chi connectivity index (χ3v) is 5.11. The number of rotatable bonds is 5. The summed E-state index contributed by atoms with van der Waals surface area (Å²) in [5.74, 6) is -1.21. The van der Waals surface area contributed by atoms with E-state index in [9.17, 15) is 13.6 Å². The number of amides is 1. The Morgan fingerprint density at radius 3 is 2.57 bits per heavy atom. The van der Waals surface area contributed by atoms with Crippen LogP contribution in [-0.2, 0) is 11.8 Å². The van der Waals surface area contributed by atoms with Gasteiger partial charge < -0.3 is 11.1 Å². The average Bonchev–Trinajstić information content (AvgIpc) is 3.29. The van der Waals surface area contributed by atoms with Crippen LogP contribution in [0.3, 0.4) is 0 Å². The molecule has 1 unspecified atom stereocenters. The molecule has 7 nitrogen and oxygen atoms in total. The quantitative estimate of drug-likeness (QED) is 0.643. The summed E-state index contributed by atoms with van der Waals surface area (Å²) in [6, 6.07) is 8.50. The van der Waals surface area contributed by atoms with Crippen LogP contribution >= 0.6 is 12.4 Å². The van der Waals surface area contributed by atoms with Gasteiger partial charge in [0.1, 0.15) is 11.6 Å². The molecule has 0 saturated heterocycles. The predicted molar refractivity (Wildman–Crippen MR) is 110 cm³/mol. The molecule has 1 amide bonds. The second kappa shape index (κ2) is 8.08. The van der Waals surface area contributed by atoms with Crippen LogP contribution in [0.1, 0.15) is 31.4 Å². The van der Waals surface area contributed by atoms with Gasteiger partial charge in [-0.1, -0.05) is 24.3 Å². The van der Waals surface area contributed by atoms with Crippen LogP contribution in [-0.4, -0.2) is 31.7 Å². The molecule has 1 heterocycles. The maximum Gasteiger partial charge on any atom is 0.240 e. The fourth-order valence-electron chi connectivity index (χ4n) is 3.20. The predicted octanol–water partition coefficient (Wildman–Crippen LogP) is 2.91. The molecule has 1 atom stereocenters. The molecule has 1 aromatic heterocycles. The van der Waals surface area contributed by atoms with Crippen molar-refractivity contribution in [1.29, 1.82) is 0 Å². The molecule has 2 aromatic carbocycles. The molecule has 30 heavy (non-hydrogen) atoms. The second-order valence-electron chi connectivity index (χ2n) is 7.35. The molecule has 1 aliphatic carbocycles. The van der Waals surface area contributed by atoms with E-state index in [2.05, 4.69) is 20.7 Å². The minimum Gasteiger partial charge on any atom is -0.348 e. The lowest BCUT2D eigenvalue weighted by Crippen LogP contribution is -2.43. The van der Waals surface area contributed by atoms with Gasteiger partial charge in [-0.05, 0) is 48.2 Å². The number of aromatic nitrogens is 4. The molecule has 1 fully saturated rings. The molecule has 0 aliphatic heterocycles. The summed E-state index contributed by atoms with van der Waals surface area (Å²) in [6.07, 6.45) is 1.26. The molecule has 0 radical (unpaired) electrons. The zero-order valence-electron chi connectivity index (χ0n) is 16.4. The maximum absolute atomic E-state index is 14.9. The van der Waals surface area contributed by atoms with Gasteiger partial charge in [-0.2, -0.15) is 4.80 Å². The monoisotopic (exact) mass is 434 g/mol. The van der Waals surface area contributed by atoms with Gasteiger partial charge in [0.15, 0.2) is 0 Å². The van der Waals surface area contributed by atoms with Gasteiger partial charge in [-0.25, -0.2) is 8.78 Å². The number of tetrazole rings is 1. The van der Waals surface area contributed by atoms with Crippen LogP contribution in [0.15, 0.2) is 36.4 Å². The van der Waals surface area contributed by atoms with Crippen molar-refractivity contribution in [2.24, 2.45) is 12.8 Å². The minimum atomic E-state index is -0.829. The van der Waals surface area contributed by atoms with E-state index in [1.807, 2.05) is 0 Å². The molecule has 1 aliphatic rings. The number of aryl methyl sites for hydroxylation is 1. The summed E-state index contributed by atoms with van der Waals surface area (Å²) in [4.78, 5) is 13.4. The van der Waals surface area contributed by atoms with Gasteiger partial charge in [0.05, 0.1) is 24.2 Å². The number of benzene rings is 2. The van der Waals surface area contributed by atoms with Crippen molar-refractivity contribution in [1.82, 2.24) is 25.5 Å². The smallest absolute Gasteiger partial charge is 0.240 e. The highest BCUT2D eigenvalue weighted by atomic mass is 35.5. The SMILES string of the molecule is CC(NC(=O)C1(N)CC1)c1ccc(-c2cccc(F)c2-c2nnn(C)n2)cc1F.Cl. The summed E-state index contributed by atoms with van der Waals surface area (Å²) in [6.45, 7) is 1.69. The van der Waals surface area contributed by atoms with E-state index in [0.29, 0.717) is 29.5 Å². The highest BCUT2D eigenvalue weighted by Gasteiger charge is 2.46. The number of halogens is 3. The summed E-state index contributed by atoms with van der Waals surface area (Å²) >= 11 is 0. The average molecular weight is 435 g/mol. The second-order valence-corrected chi connectivity index (χ2v) is 7.35. The van der Waals surface area contributed by atoms with Crippen LogP contribution < -0.4 is 11.1 Å². The molecule has 1 saturated carbocycles. The Kier molecular flexibility index (Phi) is 5.87. The molecular formula is C20H21ClF2N6O. The summed E-state index contributed by atoms with van der Waals surface area (Å²) in [5, 5.41) is 14.4. The number of carbonyl (C=O) groups excluding carboxylic acids is 1. The van der Waals surface area contributed by atoms with Crippen molar-refractivity contribution >= 4 is 18.3 Å². The molecule has 0 spiro atoms. The van der Waals surface area contributed by atoms with Gasteiger partial charge in [-0.15, -0.1) is 22.6 Å². The first kappa shape index (κ1) is 21.8. The molecule has 4 rings (SSSR count). The number of nitrogens with two attached hydrogens (primary N) is 1. The Labute approximate surface area is 178 Å². The van der Waals surface area contributed by atoms with Crippen LogP contribution in [0.5, 0.6) is 0 Å². The Balaban J connectivity index is 0.00000256. The molecule has 10 heteroatoms. The van der Waals surface area contributed by atoms with E-state index in [1.54, 1.807) is 32.2 Å². The van der Waals surface area contributed by atoms with Gasteiger partial charge in [-0.3, -0.25) is 4.79 Å². The number of hydrogen-bond acceptors (Lipinski definition) is 5. The summed E-state index contributed by atoms with van der Waals surface area (Å²) in [5.41, 5.74) is 6.43. The van der Waals surface area contributed by atoms with Crippen LogP contribution in [0.2, 0.25) is 0 Å². The lowest BCUT2D eigenvalue weighted by Gasteiger charge is -2.18. The zero-order chi connectivity index (χ0) is 20.8. The first-order valence-corrected chi connectivity index (χ1v) is 9.21. The van der Waals surface area contributed by atoms with Crippen LogP contribution in [0.25, 0.3) is 22.5 Å². The van der Waals surface area contributed by atoms with Gasteiger partial charge >= 0.3 is 0 Å². The first-order chi connectivity index (χ1) is 13.8. The topological polar surface area (TPSA) is 98.7 Å². The van der Waals surface area contributed by atoms with Gasteiger partial charge in [0.25, 0.3) is 0 Å². The first-order valence-electron chi connectivity index (χ1n) is 9.21. The van der Waals surface area contributed by atoms with Gasteiger partial charge in [0, 0.05) is 5.56 Å². The van der Waals surface area contributed by atoms with E-state index in [0.717, 1.165) is 0 Å². The molecule has 0 bridgehead atoms. The zero-order valence-corrected chi connectivity index (χ0v) is 17.2. The fourth-order valence-corrected chi connectivity index (χ4v) is 3.20. The lowest BCUT2D eigenvalue weighted by atomic mass is 9.96. The maximum atomic E-state index is 14.9. The molecular weight excluding hydrogens is 414 g/mol. The number of nitrogens with zero attached hydrogens (tertiary/aromatic N) is 4. The number of nitrogens with one attached hydrogen (secondary N) is 1. The van der Waals surface area contributed by atoms with Crippen LogP contribution in [0.4, 0.5) is 8.78 Å². The molecule has 3 N–H and O–H groups in total. The van der Waals surface area contributed by atoms with E-state index in [-0.39, 0.29) is 29.7 Å². The summed E-state index contributed by atoms with van der Waals surface area (Å²) < 4.78 is 29.4. The van der Waals surface area contributed by atoms with Crippen molar-refractivity contribution in [2.75, 3.05) is 0 Å². The third-order valence-electron chi connectivity index (χ3n) is 5.11. The van der Waals surface area contributed by atoms with E-state index in [1.165, 1.54) is 23.0 Å². The highest BCUT2D eigenvalue weighted by Crippen LogP contribution is 2.35. The summed E-state index contributed by atoms with van der Waals surface area (Å²) in [7, 11) is 1.58. The standard InChI is InChI=1S/C20H20F2N6O.ClH/c1-11(24-19(29)20(23)8-9-20)13-7-6-12(10-16(13)22)14-4-3-5-15(21)17(14)18-25-27-28(2)26-18;/h3-7,10-11H,8-9,23H2,1-2H3,(H,24,29);1H. The number of hydrogen-bond donors (Lipinski definition) is 2. The van der Waals surface area contributed by atoms with E-state index >= 15 is 0 Å². The Morgan fingerprint density at radius 2 is 1.97 bits per heavy atom. The molecule has 3 aromatic rings. The Morgan fingerprint density at radius 1 is 1.23 bits per heavy atom. The van der Waals surface area contributed by atoms with Crippen molar-refractivity contribution in [3.63, 3.8) is 0 Å². The van der Waals surface area contributed by atoms with Crippen molar-refractivity contribution in [3.05, 3.63) is 53.6 Å². The number of carbonyl (C=O) groups is 1. The Bertz CT molecular complexity index is 1100. The fraction of sp³-hybridized carbons (Fsp3) is 0.300. The Hall–Kier alpha value is -2.91. The van der Waals surface area contributed by atoms with E-state index in [4.69, 9.17) is 5.73 Å². The third kappa shape index (κ3) is 4.03. The van der Waals surface area contributed by atoms with E-state index < -0.39 is 23.2 Å². The van der Waals surface area contributed by atoms with Crippen LogP contribution in [0, 0.1) is 11.6 Å². The molecule has 158 valence electrons. The minimum absolute atomic E-state index is 0.